The highest BCUT2D eigenvalue weighted by atomic mass is 35.5. The van der Waals surface area contributed by atoms with Gasteiger partial charge in [-0.25, -0.2) is 0 Å². The standard InChI is InChI=1S/C16H25ClN2O/c1-13(19-9-3-2-4-10-19)11-18-12-16(20)14-5-7-15(17)8-6-14/h5-8,13,16,18,20H,2-4,9-12H2,1H3. The lowest BCUT2D eigenvalue weighted by Crippen LogP contribution is -2.43. The van der Waals surface area contributed by atoms with E-state index in [4.69, 9.17) is 11.6 Å². The summed E-state index contributed by atoms with van der Waals surface area (Å²) in [6.07, 6.45) is 3.53. The number of likely N-dealkylation sites (tertiary alicyclic amines) is 1. The second kappa shape index (κ2) is 7.99. The zero-order chi connectivity index (χ0) is 14.4. The van der Waals surface area contributed by atoms with Crippen molar-refractivity contribution < 1.29 is 5.11 Å². The van der Waals surface area contributed by atoms with Crippen molar-refractivity contribution in [1.29, 1.82) is 0 Å². The molecule has 4 heteroatoms. The first-order valence-corrected chi connectivity index (χ1v) is 7.93. The van der Waals surface area contributed by atoms with Crippen LogP contribution in [-0.2, 0) is 0 Å². The summed E-state index contributed by atoms with van der Waals surface area (Å²) in [5.41, 5.74) is 0.910. The normalized spacial score (nSPS) is 19.8. The smallest absolute Gasteiger partial charge is 0.0914 e. The third-order valence-electron chi connectivity index (χ3n) is 4.05. The van der Waals surface area contributed by atoms with Crippen LogP contribution >= 0.6 is 11.6 Å². The zero-order valence-corrected chi connectivity index (χ0v) is 12.9. The molecule has 112 valence electrons. The maximum absolute atomic E-state index is 10.1. The van der Waals surface area contributed by atoms with Gasteiger partial charge in [-0.05, 0) is 50.6 Å². The molecule has 1 aromatic rings. The van der Waals surface area contributed by atoms with Crippen LogP contribution in [-0.4, -0.2) is 42.2 Å². The van der Waals surface area contributed by atoms with E-state index in [1.807, 2.05) is 24.3 Å². The third kappa shape index (κ3) is 4.74. The molecular formula is C16H25ClN2O. The highest BCUT2D eigenvalue weighted by Gasteiger charge is 2.16. The number of aliphatic hydroxyl groups excluding tert-OH is 1. The molecule has 0 bridgehead atoms. The first kappa shape index (κ1) is 15.8. The van der Waals surface area contributed by atoms with Crippen LogP contribution in [0.4, 0.5) is 0 Å². The molecule has 0 aliphatic carbocycles. The number of nitrogens with zero attached hydrogens (tertiary/aromatic N) is 1. The molecule has 0 spiro atoms. The first-order valence-electron chi connectivity index (χ1n) is 7.55. The molecule has 1 heterocycles. The molecule has 2 rings (SSSR count). The molecule has 2 atom stereocenters. The minimum absolute atomic E-state index is 0.471. The van der Waals surface area contributed by atoms with Crippen molar-refractivity contribution in [2.75, 3.05) is 26.2 Å². The van der Waals surface area contributed by atoms with E-state index in [-0.39, 0.29) is 0 Å². The lowest BCUT2D eigenvalue weighted by Gasteiger charge is -2.32. The Labute approximate surface area is 126 Å². The van der Waals surface area contributed by atoms with E-state index in [1.165, 1.54) is 32.4 Å². The number of hydrogen-bond donors (Lipinski definition) is 2. The number of rotatable bonds is 6. The molecule has 1 saturated heterocycles. The SMILES string of the molecule is CC(CNCC(O)c1ccc(Cl)cc1)N1CCCCC1. The summed E-state index contributed by atoms with van der Waals surface area (Å²) in [4.78, 5) is 2.53. The van der Waals surface area contributed by atoms with E-state index in [9.17, 15) is 5.11 Å². The van der Waals surface area contributed by atoms with Gasteiger partial charge in [0, 0.05) is 24.2 Å². The van der Waals surface area contributed by atoms with Gasteiger partial charge in [0.2, 0.25) is 0 Å². The summed E-state index contributed by atoms with van der Waals surface area (Å²) in [6, 6.07) is 7.92. The molecule has 0 amide bonds. The molecule has 0 aromatic heterocycles. The van der Waals surface area contributed by atoms with Crippen molar-refractivity contribution in [2.45, 2.75) is 38.3 Å². The molecular weight excluding hydrogens is 272 g/mol. The summed E-state index contributed by atoms with van der Waals surface area (Å²) >= 11 is 5.85. The van der Waals surface area contributed by atoms with E-state index >= 15 is 0 Å². The van der Waals surface area contributed by atoms with Crippen molar-refractivity contribution in [3.63, 3.8) is 0 Å². The summed E-state index contributed by atoms with van der Waals surface area (Å²) < 4.78 is 0. The van der Waals surface area contributed by atoms with Gasteiger partial charge in [0.1, 0.15) is 0 Å². The predicted molar refractivity (Wildman–Crippen MR) is 84.2 cm³/mol. The number of piperidine rings is 1. The van der Waals surface area contributed by atoms with Gasteiger partial charge in [0.05, 0.1) is 6.10 Å². The monoisotopic (exact) mass is 296 g/mol. The van der Waals surface area contributed by atoms with Gasteiger partial charge in [-0.2, -0.15) is 0 Å². The average molecular weight is 297 g/mol. The number of hydrogen-bond acceptors (Lipinski definition) is 3. The molecule has 20 heavy (non-hydrogen) atoms. The minimum Gasteiger partial charge on any atom is -0.387 e. The van der Waals surface area contributed by atoms with Crippen molar-refractivity contribution in [3.8, 4) is 0 Å². The van der Waals surface area contributed by atoms with Gasteiger partial charge in [-0.3, -0.25) is 4.90 Å². The quantitative estimate of drug-likeness (QED) is 0.847. The van der Waals surface area contributed by atoms with E-state index in [0.717, 1.165) is 12.1 Å². The number of aliphatic hydroxyl groups is 1. The largest absolute Gasteiger partial charge is 0.387 e. The second-order valence-corrected chi connectivity index (χ2v) is 6.11. The lowest BCUT2D eigenvalue weighted by molar-refractivity contribution is 0.151. The van der Waals surface area contributed by atoms with Crippen LogP contribution in [0.3, 0.4) is 0 Å². The Bertz CT molecular complexity index is 390. The molecule has 1 fully saturated rings. The van der Waals surface area contributed by atoms with Gasteiger partial charge in [0.15, 0.2) is 0 Å². The minimum atomic E-state index is -0.471. The summed E-state index contributed by atoms with van der Waals surface area (Å²) in [5, 5.41) is 14.2. The highest BCUT2D eigenvalue weighted by molar-refractivity contribution is 6.30. The Morgan fingerprint density at radius 3 is 2.45 bits per heavy atom. The van der Waals surface area contributed by atoms with Crippen LogP contribution in [0.25, 0.3) is 0 Å². The molecule has 0 saturated carbocycles. The third-order valence-corrected chi connectivity index (χ3v) is 4.30. The molecule has 2 unspecified atom stereocenters. The first-order chi connectivity index (χ1) is 9.66. The Hall–Kier alpha value is -0.610. The van der Waals surface area contributed by atoms with E-state index in [2.05, 4.69) is 17.1 Å². The molecule has 1 aliphatic rings. The molecule has 1 aromatic carbocycles. The fourth-order valence-electron chi connectivity index (χ4n) is 2.72. The number of nitrogens with one attached hydrogen (secondary N) is 1. The van der Waals surface area contributed by atoms with Gasteiger partial charge in [0.25, 0.3) is 0 Å². The fraction of sp³-hybridized carbons (Fsp3) is 0.625. The van der Waals surface area contributed by atoms with E-state index < -0.39 is 6.10 Å². The van der Waals surface area contributed by atoms with Crippen LogP contribution < -0.4 is 5.32 Å². The van der Waals surface area contributed by atoms with E-state index in [0.29, 0.717) is 17.6 Å². The Kier molecular flexibility index (Phi) is 6.30. The molecule has 1 aliphatic heterocycles. The van der Waals surface area contributed by atoms with Crippen LogP contribution in [0.1, 0.15) is 37.9 Å². The van der Waals surface area contributed by atoms with Crippen LogP contribution in [0.2, 0.25) is 5.02 Å². The maximum atomic E-state index is 10.1. The van der Waals surface area contributed by atoms with Crippen molar-refractivity contribution >= 4 is 11.6 Å². The van der Waals surface area contributed by atoms with Gasteiger partial charge < -0.3 is 10.4 Å². The number of benzene rings is 1. The summed E-state index contributed by atoms with van der Waals surface area (Å²) in [6.45, 7) is 6.18. The second-order valence-electron chi connectivity index (χ2n) is 5.67. The summed E-state index contributed by atoms with van der Waals surface area (Å²) in [7, 11) is 0. The van der Waals surface area contributed by atoms with Gasteiger partial charge >= 0.3 is 0 Å². The van der Waals surface area contributed by atoms with E-state index in [1.54, 1.807) is 0 Å². The fourth-order valence-corrected chi connectivity index (χ4v) is 2.85. The van der Waals surface area contributed by atoms with Crippen LogP contribution in [0.5, 0.6) is 0 Å². The van der Waals surface area contributed by atoms with Gasteiger partial charge in [-0.1, -0.05) is 30.2 Å². The Morgan fingerprint density at radius 2 is 1.80 bits per heavy atom. The Balaban J connectivity index is 1.70. The topological polar surface area (TPSA) is 35.5 Å². The maximum Gasteiger partial charge on any atom is 0.0914 e. The van der Waals surface area contributed by atoms with Crippen molar-refractivity contribution in [1.82, 2.24) is 10.2 Å². The molecule has 2 N–H and O–H groups in total. The number of halogens is 1. The van der Waals surface area contributed by atoms with Crippen LogP contribution in [0.15, 0.2) is 24.3 Å². The van der Waals surface area contributed by atoms with Crippen molar-refractivity contribution in [2.24, 2.45) is 0 Å². The highest BCUT2D eigenvalue weighted by Crippen LogP contribution is 2.16. The average Bonchev–Trinajstić information content (AvgIpc) is 2.48. The van der Waals surface area contributed by atoms with Crippen LogP contribution in [0, 0.1) is 0 Å². The van der Waals surface area contributed by atoms with Crippen molar-refractivity contribution in [3.05, 3.63) is 34.9 Å². The molecule has 3 nitrogen and oxygen atoms in total. The zero-order valence-electron chi connectivity index (χ0n) is 12.2. The predicted octanol–water partition coefficient (Wildman–Crippen LogP) is 2.84. The lowest BCUT2D eigenvalue weighted by atomic mass is 10.1. The van der Waals surface area contributed by atoms with Gasteiger partial charge in [-0.15, -0.1) is 0 Å². The Morgan fingerprint density at radius 1 is 1.15 bits per heavy atom. The summed E-state index contributed by atoms with van der Waals surface area (Å²) in [5.74, 6) is 0. The molecule has 0 radical (unpaired) electrons.